The average Bonchev–Trinajstić information content (AvgIpc) is 3.50. The van der Waals surface area contributed by atoms with Crippen molar-refractivity contribution >= 4 is 16.1 Å². The van der Waals surface area contributed by atoms with Crippen molar-refractivity contribution in [1.82, 2.24) is 9.62 Å². The smallest absolute Gasteiger partial charge is 0.407 e. The second-order valence-corrected chi connectivity index (χ2v) is 13.4. The van der Waals surface area contributed by atoms with Crippen molar-refractivity contribution in [2.24, 2.45) is 11.3 Å². The van der Waals surface area contributed by atoms with Gasteiger partial charge in [-0.3, -0.25) is 0 Å². The molecule has 10 nitrogen and oxygen atoms in total. The number of nitriles is 1. The number of alkyl carbamates (subject to hydrolysis) is 1. The molecule has 1 saturated heterocycles. The summed E-state index contributed by atoms with van der Waals surface area (Å²) in [6, 6.07) is 16.8. The predicted octanol–water partition coefficient (Wildman–Crippen LogP) is 4.14. The molecule has 0 radical (unpaired) electrons. The van der Waals surface area contributed by atoms with Crippen molar-refractivity contribution in [2.45, 2.75) is 63.0 Å². The molecule has 0 spiro atoms. The standard InChI is InChI=1S/C31H43N3O7S/c1-31(2,16-7-8-17-32)23-34(42(37,38)27-13-11-26(39-3)12-14-27)20-29(35)28(19-24-9-5-4-6-10-24)33-30(36)41-22-25-15-18-40-21-25/h4-6,9-14,25,28-29,35H,7-8,15-16,18-23H2,1-3H3,(H,33,36)/t25?,28-,29+/m0/s1. The van der Waals surface area contributed by atoms with Gasteiger partial charge in [0.1, 0.15) is 5.75 Å². The van der Waals surface area contributed by atoms with Crippen molar-refractivity contribution in [3.05, 3.63) is 60.2 Å². The minimum atomic E-state index is -4.05. The summed E-state index contributed by atoms with van der Waals surface area (Å²) in [6.45, 7) is 5.10. The third kappa shape index (κ3) is 10.3. The Labute approximate surface area is 249 Å². The summed E-state index contributed by atoms with van der Waals surface area (Å²) < 4.78 is 45.1. The van der Waals surface area contributed by atoms with Gasteiger partial charge in [-0.05, 0) is 60.9 Å². The van der Waals surface area contributed by atoms with Crippen LogP contribution in [0.1, 0.15) is 45.1 Å². The zero-order valence-electron chi connectivity index (χ0n) is 24.7. The highest BCUT2D eigenvalue weighted by atomic mass is 32.2. The maximum atomic E-state index is 13.9. The molecule has 0 aliphatic carbocycles. The first-order chi connectivity index (χ1) is 20.0. The lowest BCUT2D eigenvalue weighted by molar-refractivity contribution is 0.0779. The van der Waals surface area contributed by atoms with E-state index in [1.165, 1.54) is 23.5 Å². The van der Waals surface area contributed by atoms with Gasteiger partial charge in [0.25, 0.3) is 0 Å². The number of methoxy groups -OCH3 is 1. The van der Waals surface area contributed by atoms with Crippen LogP contribution >= 0.6 is 0 Å². The lowest BCUT2D eigenvalue weighted by Crippen LogP contribution is -2.52. The number of hydrogen-bond acceptors (Lipinski definition) is 8. The third-order valence-electron chi connectivity index (χ3n) is 7.37. The lowest BCUT2D eigenvalue weighted by Gasteiger charge is -2.35. The van der Waals surface area contributed by atoms with Crippen LogP contribution < -0.4 is 10.1 Å². The Hall–Kier alpha value is -3.17. The Morgan fingerprint density at radius 2 is 1.93 bits per heavy atom. The van der Waals surface area contributed by atoms with Gasteiger partial charge in [-0.2, -0.15) is 9.57 Å². The SMILES string of the molecule is COc1ccc(S(=O)(=O)N(C[C@@H](O)[C@H](Cc2ccccc2)NC(=O)OCC2CCOC2)CC(C)(C)CCCC#N)cc1. The van der Waals surface area contributed by atoms with E-state index < -0.39 is 33.7 Å². The zero-order chi connectivity index (χ0) is 30.6. The molecule has 2 aromatic carbocycles. The lowest BCUT2D eigenvalue weighted by atomic mass is 9.87. The molecule has 3 atom stereocenters. The first kappa shape index (κ1) is 33.3. The summed E-state index contributed by atoms with van der Waals surface area (Å²) in [5.74, 6) is 0.647. The van der Waals surface area contributed by atoms with Crippen LogP contribution in [0.25, 0.3) is 0 Å². The van der Waals surface area contributed by atoms with Gasteiger partial charge in [0.15, 0.2) is 0 Å². The molecule has 1 heterocycles. The average molecular weight is 602 g/mol. The van der Waals surface area contributed by atoms with Crippen LogP contribution in [0, 0.1) is 22.7 Å². The molecule has 0 saturated carbocycles. The molecular formula is C31H43N3O7S. The first-order valence-corrected chi connectivity index (χ1v) is 15.7. The number of unbranched alkanes of at least 4 members (excludes halogenated alkanes) is 1. The number of rotatable bonds is 16. The van der Waals surface area contributed by atoms with Crippen LogP contribution in [0.5, 0.6) is 5.75 Å². The highest BCUT2D eigenvalue weighted by Gasteiger charge is 2.35. The van der Waals surface area contributed by atoms with Crippen LogP contribution in [-0.2, 0) is 25.9 Å². The van der Waals surface area contributed by atoms with Crippen LogP contribution in [-0.4, -0.2) is 76.1 Å². The fourth-order valence-corrected chi connectivity index (χ4v) is 6.58. The fourth-order valence-electron chi connectivity index (χ4n) is 4.94. The van der Waals surface area contributed by atoms with Gasteiger partial charge in [0, 0.05) is 32.0 Å². The van der Waals surface area contributed by atoms with E-state index in [1.54, 1.807) is 12.1 Å². The van der Waals surface area contributed by atoms with Gasteiger partial charge in [-0.15, -0.1) is 0 Å². The molecule has 0 bridgehead atoms. The number of carbonyl (C=O) groups is 1. The van der Waals surface area contributed by atoms with Gasteiger partial charge >= 0.3 is 6.09 Å². The van der Waals surface area contributed by atoms with Crippen molar-refractivity contribution in [3.63, 3.8) is 0 Å². The number of aliphatic hydroxyl groups excluding tert-OH is 1. The third-order valence-corrected chi connectivity index (χ3v) is 9.20. The number of carbonyl (C=O) groups excluding carboxylic acids is 1. The monoisotopic (exact) mass is 601 g/mol. The topological polar surface area (TPSA) is 138 Å². The highest BCUT2D eigenvalue weighted by molar-refractivity contribution is 7.89. The molecule has 1 fully saturated rings. The largest absolute Gasteiger partial charge is 0.497 e. The summed E-state index contributed by atoms with van der Waals surface area (Å²) in [6.07, 6.45) is 0.762. The number of ether oxygens (including phenoxy) is 3. The van der Waals surface area contributed by atoms with Crippen LogP contribution in [0.3, 0.4) is 0 Å². The summed E-state index contributed by atoms with van der Waals surface area (Å²) in [7, 11) is -2.54. The predicted molar refractivity (Wildman–Crippen MR) is 158 cm³/mol. The van der Waals surface area contributed by atoms with Crippen molar-refractivity contribution in [2.75, 3.05) is 40.0 Å². The molecule has 1 amide bonds. The number of amides is 1. The van der Waals surface area contributed by atoms with Gasteiger partial charge in [-0.25, -0.2) is 13.2 Å². The molecule has 11 heteroatoms. The Morgan fingerprint density at radius 3 is 2.55 bits per heavy atom. The van der Waals surface area contributed by atoms with Gasteiger partial charge < -0.3 is 24.6 Å². The molecule has 1 aliphatic heterocycles. The normalized spacial score (nSPS) is 16.9. The number of hydrogen-bond donors (Lipinski definition) is 2. The Balaban J connectivity index is 1.84. The van der Waals surface area contributed by atoms with E-state index in [2.05, 4.69) is 11.4 Å². The zero-order valence-corrected chi connectivity index (χ0v) is 25.5. The maximum Gasteiger partial charge on any atom is 0.407 e. The van der Waals surface area contributed by atoms with E-state index in [0.29, 0.717) is 38.2 Å². The summed E-state index contributed by atoms with van der Waals surface area (Å²) in [5, 5.41) is 23.3. The van der Waals surface area contributed by atoms with Crippen molar-refractivity contribution in [1.29, 1.82) is 5.26 Å². The molecule has 230 valence electrons. The highest BCUT2D eigenvalue weighted by Crippen LogP contribution is 2.29. The van der Waals surface area contributed by atoms with E-state index >= 15 is 0 Å². The number of sulfonamides is 1. The van der Waals surface area contributed by atoms with Crippen LogP contribution in [0.2, 0.25) is 0 Å². The summed E-state index contributed by atoms with van der Waals surface area (Å²) in [4.78, 5) is 12.9. The Bertz CT molecular complexity index is 1260. The maximum absolute atomic E-state index is 13.9. The number of aliphatic hydroxyl groups is 1. The molecule has 1 aliphatic rings. The van der Waals surface area contributed by atoms with Gasteiger partial charge in [0.05, 0.1) is 43.4 Å². The number of nitrogens with zero attached hydrogens (tertiary/aromatic N) is 2. The fraction of sp³-hybridized carbons (Fsp3) is 0.548. The van der Waals surface area contributed by atoms with E-state index in [9.17, 15) is 18.3 Å². The minimum Gasteiger partial charge on any atom is -0.497 e. The second-order valence-electron chi connectivity index (χ2n) is 11.5. The molecule has 2 aromatic rings. The van der Waals surface area contributed by atoms with Crippen molar-refractivity contribution < 1.29 is 32.5 Å². The van der Waals surface area contributed by atoms with Gasteiger partial charge in [0.2, 0.25) is 10.0 Å². The summed E-state index contributed by atoms with van der Waals surface area (Å²) >= 11 is 0. The number of nitrogens with one attached hydrogen (secondary N) is 1. The Morgan fingerprint density at radius 1 is 1.21 bits per heavy atom. The minimum absolute atomic E-state index is 0.0640. The molecule has 42 heavy (non-hydrogen) atoms. The molecule has 2 N–H and O–H groups in total. The summed E-state index contributed by atoms with van der Waals surface area (Å²) in [5.41, 5.74) is 0.383. The molecule has 1 unspecified atom stereocenters. The molecule has 3 rings (SSSR count). The van der Waals surface area contributed by atoms with E-state index in [1.807, 2.05) is 44.2 Å². The second kappa shape index (κ2) is 15.9. The van der Waals surface area contributed by atoms with Crippen LogP contribution in [0.4, 0.5) is 4.79 Å². The molecule has 0 aromatic heterocycles. The molecular weight excluding hydrogens is 558 g/mol. The quantitative estimate of drug-likeness (QED) is 0.274. The number of benzene rings is 2. The van der Waals surface area contributed by atoms with E-state index in [4.69, 9.17) is 19.5 Å². The first-order valence-electron chi connectivity index (χ1n) is 14.3. The van der Waals surface area contributed by atoms with Gasteiger partial charge in [-0.1, -0.05) is 44.2 Å². The van der Waals surface area contributed by atoms with E-state index in [0.717, 1.165) is 12.0 Å². The van der Waals surface area contributed by atoms with Crippen LogP contribution in [0.15, 0.2) is 59.5 Å². The van der Waals surface area contributed by atoms with Crippen molar-refractivity contribution in [3.8, 4) is 11.8 Å². The van der Waals surface area contributed by atoms with E-state index in [-0.39, 0.29) is 36.9 Å². The Kier molecular flexibility index (Phi) is 12.6.